The molecular formula is C18H19N5. The standard InChI is InChI=1S/C18H19N5/c1-13-7-10-23(21-13)18-19-14(2)11-17(20-18)22-9-8-15-5-3-4-6-16(15)12-22/h3-7,10-11H,8-9,12H2,1-2H3. The summed E-state index contributed by atoms with van der Waals surface area (Å²) >= 11 is 0. The van der Waals surface area contributed by atoms with E-state index < -0.39 is 0 Å². The molecule has 4 rings (SSSR count). The Kier molecular flexibility index (Phi) is 3.33. The highest BCUT2D eigenvalue weighted by molar-refractivity contribution is 5.46. The number of fused-ring (bicyclic) bond motifs is 1. The Morgan fingerprint density at radius 3 is 2.57 bits per heavy atom. The molecule has 0 saturated heterocycles. The van der Waals surface area contributed by atoms with E-state index in [1.54, 1.807) is 4.68 Å². The van der Waals surface area contributed by atoms with Crippen molar-refractivity contribution < 1.29 is 0 Å². The van der Waals surface area contributed by atoms with Crippen molar-refractivity contribution in [3.63, 3.8) is 0 Å². The fraction of sp³-hybridized carbons (Fsp3) is 0.278. The van der Waals surface area contributed by atoms with E-state index >= 15 is 0 Å². The number of hydrogen-bond acceptors (Lipinski definition) is 4. The number of benzene rings is 1. The summed E-state index contributed by atoms with van der Waals surface area (Å²) in [4.78, 5) is 11.6. The third kappa shape index (κ3) is 2.70. The Balaban J connectivity index is 1.69. The van der Waals surface area contributed by atoms with Crippen LogP contribution in [0.1, 0.15) is 22.5 Å². The predicted molar refractivity (Wildman–Crippen MR) is 89.8 cm³/mol. The van der Waals surface area contributed by atoms with Crippen LogP contribution in [0.5, 0.6) is 0 Å². The normalized spacial score (nSPS) is 13.9. The third-order valence-corrected chi connectivity index (χ3v) is 4.21. The summed E-state index contributed by atoms with van der Waals surface area (Å²) in [7, 11) is 0. The lowest BCUT2D eigenvalue weighted by molar-refractivity contribution is 0.708. The third-order valence-electron chi connectivity index (χ3n) is 4.21. The van der Waals surface area contributed by atoms with Gasteiger partial charge in [-0.1, -0.05) is 24.3 Å². The summed E-state index contributed by atoms with van der Waals surface area (Å²) in [5, 5.41) is 4.42. The zero-order valence-corrected chi connectivity index (χ0v) is 13.4. The van der Waals surface area contributed by atoms with Gasteiger partial charge in [0.1, 0.15) is 5.82 Å². The fourth-order valence-electron chi connectivity index (χ4n) is 3.02. The van der Waals surface area contributed by atoms with Crippen LogP contribution in [-0.2, 0) is 13.0 Å². The van der Waals surface area contributed by atoms with E-state index in [1.807, 2.05) is 32.2 Å². The largest absolute Gasteiger partial charge is 0.352 e. The number of hydrogen-bond donors (Lipinski definition) is 0. The Labute approximate surface area is 135 Å². The van der Waals surface area contributed by atoms with E-state index in [2.05, 4.69) is 39.2 Å². The first kappa shape index (κ1) is 13.9. The molecule has 0 N–H and O–H groups in total. The van der Waals surface area contributed by atoms with Crippen LogP contribution in [0.15, 0.2) is 42.6 Å². The predicted octanol–water partition coefficient (Wildman–Crippen LogP) is 2.84. The first-order chi connectivity index (χ1) is 11.2. The van der Waals surface area contributed by atoms with Gasteiger partial charge < -0.3 is 4.90 Å². The molecule has 0 radical (unpaired) electrons. The molecule has 116 valence electrons. The number of anilines is 1. The highest BCUT2D eigenvalue weighted by atomic mass is 15.4. The van der Waals surface area contributed by atoms with E-state index in [0.29, 0.717) is 5.95 Å². The van der Waals surface area contributed by atoms with Crippen LogP contribution in [-0.4, -0.2) is 26.3 Å². The molecule has 0 unspecified atom stereocenters. The molecule has 0 aliphatic carbocycles. The van der Waals surface area contributed by atoms with Crippen molar-refractivity contribution in [3.05, 3.63) is 65.1 Å². The summed E-state index contributed by atoms with van der Waals surface area (Å²) in [5.74, 6) is 1.60. The molecule has 1 aliphatic rings. The topological polar surface area (TPSA) is 46.8 Å². The van der Waals surface area contributed by atoms with Crippen molar-refractivity contribution in [1.82, 2.24) is 19.7 Å². The van der Waals surface area contributed by atoms with Crippen molar-refractivity contribution in [2.75, 3.05) is 11.4 Å². The number of nitrogens with zero attached hydrogens (tertiary/aromatic N) is 5. The maximum absolute atomic E-state index is 4.73. The smallest absolute Gasteiger partial charge is 0.252 e. The molecular weight excluding hydrogens is 286 g/mol. The average Bonchev–Trinajstić information content (AvgIpc) is 3.00. The Morgan fingerprint density at radius 1 is 0.957 bits per heavy atom. The highest BCUT2D eigenvalue weighted by Crippen LogP contribution is 2.23. The summed E-state index contributed by atoms with van der Waals surface area (Å²) in [6.45, 7) is 5.84. The average molecular weight is 305 g/mol. The van der Waals surface area contributed by atoms with E-state index in [9.17, 15) is 0 Å². The van der Waals surface area contributed by atoms with E-state index in [1.165, 1.54) is 11.1 Å². The van der Waals surface area contributed by atoms with Crippen LogP contribution in [0.3, 0.4) is 0 Å². The van der Waals surface area contributed by atoms with Gasteiger partial charge in [0.05, 0.1) is 5.69 Å². The molecule has 0 bridgehead atoms. The molecule has 0 amide bonds. The SMILES string of the molecule is Cc1cc(N2CCc3ccccc3C2)nc(-n2ccc(C)n2)n1. The van der Waals surface area contributed by atoms with Gasteiger partial charge in [0, 0.05) is 31.0 Å². The monoisotopic (exact) mass is 305 g/mol. The highest BCUT2D eigenvalue weighted by Gasteiger charge is 2.18. The molecule has 1 aliphatic heterocycles. The lowest BCUT2D eigenvalue weighted by atomic mass is 10.00. The van der Waals surface area contributed by atoms with Gasteiger partial charge in [-0.25, -0.2) is 9.67 Å². The molecule has 1 aromatic carbocycles. The second-order valence-electron chi connectivity index (χ2n) is 6.01. The second kappa shape index (κ2) is 5.50. The van der Waals surface area contributed by atoms with E-state index in [4.69, 9.17) is 4.98 Å². The molecule has 0 atom stereocenters. The molecule has 5 nitrogen and oxygen atoms in total. The lowest BCUT2D eigenvalue weighted by Gasteiger charge is -2.30. The van der Waals surface area contributed by atoms with Crippen LogP contribution >= 0.6 is 0 Å². The maximum atomic E-state index is 4.73. The van der Waals surface area contributed by atoms with Gasteiger partial charge in [0.15, 0.2) is 0 Å². The van der Waals surface area contributed by atoms with Crippen molar-refractivity contribution >= 4 is 5.82 Å². The van der Waals surface area contributed by atoms with Crippen LogP contribution in [0, 0.1) is 13.8 Å². The summed E-state index contributed by atoms with van der Waals surface area (Å²) in [5.41, 5.74) is 4.74. The van der Waals surface area contributed by atoms with Gasteiger partial charge in [-0.3, -0.25) is 0 Å². The molecule has 0 spiro atoms. The van der Waals surface area contributed by atoms with Gasteiger partial charge >= 0.3 is 0 Å². The zero-order valence-electron chi connectivity index (χ0n) is 13.4. The van der Waals surface area contributed by atoms with E-state index in [0.717, 1.165) is 36.7 Å². The van der Waals surface area contributed by atoms with Crippen LogP contribution in [0.25, 0.3) is 5.95 Å². The summed E-state index contributed by atoms with van der Waals surface area (Å²) in [6, 6.07) is 12.6. The van der Waals surface area contributed by atoms with Crippen molar-refractivity contribution in [2.24, 2.45) is 0 Å². The van der Waals surface area contributed by atoms with Gasteiger partial charge in [0.2, 0.25) is 0 Å². The fourth-order valence-corrected chi connectivity index (χ4v) is 3.02. The van der Waals surface area contributed by atoms with Crippen LogP contribution in [0.4, 0.5) is 5.82 Å². The Bertz CT molecular complexity index is 852. The number of aryl methyl sites for hydroxylation is 2. The summed E-state index contributed by atoms with van der Waals surface area (Å²) in [6.07, 6.45) is 2.95. The number of rotatable bonds is 2. The van der Waals surface area contributed by atoms with Crippen molar-refractivity contribution in [3.8, 4) is 5.95 Å². The molecule has 0 saturated carbocycles. The molecule has 3 aromatic rings. The minimum atomic E-state index is 0.631. The summed E-state index contributed by atoms with van der Waals surface area (Å²) < 4.78 is 1.74. The molecule has 0 fully saturated rings. The van der Waals surface area contributed by atoms with Crippen molar-refractivity contribution in [2.45, 2.75) is 26.8 Å². The zero-order chi connectivity index (χ0) is 15.8. The first-order valence-electron chi connectivity index (χ1n) is 7.89. The second-order valence-corrected chi connectivity index (χ2v) is 6.01. The van der Waals surface area contributed by atoms with Crippen LogP contribution < -0.4 is 4.90 Å². The maximum Gasteiger partial charge on any atom is 0.252 e. The van der Waals surface area contributed by atoms with Gasteiger partial charge in [-0.15, -0.1) is 0 Å². The lowest BCUT2D eigenvalue weighted by Crippen LogP contribution is -2.31. The van der Waals surface area contributed by atoms with Gasteiger partial charge in [-0.2, -0.15) is 10.1 Å². The molecule has 3 heterocycles. The van der Waals surface area contributed by atoms with Crippen molar-refractivity contribution in [1.29, 1.82) is 0 Å². The molecule has 5 heteroatoms. The minimum absolute atomic E-state index is 0.631. The Hall–Kier alpha value is -2.69. The van der Waals surface area contributed by atoms with Crippen LogP contribution in [0.2, 0.25) is 0 Å². The Morgan fingerprint density at radius 2 is 1.78 bits per heavy atom. The molecule has 23 heavy (non-hydrogen) atoms. The minimum Gasteiger partial charge on any atom is -0.352 e. The first-order valence-corrected chi connectivity index (χ1v) is 7.89. The molecule has 2 aromatic heterocycles. The number of aromatic nitrogens is 4. The van der Waals surface area contributed by atoms with Gasteiger partial charge in [-0.05, 0) is 37.5 Å². The van der Waals surface area contributed by atoms with Gasteiger partial charge in [0.25, 0.3) is 5.95 Å². The quantitative estimate of drug-likeness (QED) is 0.730. The van der Waals surface area contributed by atoms with E-state index in [-0.39, 0.29) is 0 Å².